The van der Waals surface area contributed by atoms with Crippen molar-refractivity contribution >= 4 is 0 Å². The minimum absolute atomic E-state index is 0. The summed E-state index contributed by atoms with van der Waals surface area (Å²) in [5.41, 5.74) is 0. The molecule has 236 valence electrons. The summed E-state index contributed by atoms with van der Waals surface area (Å²) in [6.07, 6.45) is 45.9. The van der Waals surface area contributed by atoms with E-state index in [1.165, 1.54) is 230 Å². The first-order chi connectivity index (χ1) is 18.8. The van der Waals surface area contributed by atoms with Gasteiger partial charge in [-0.25, -0.2) is 0 Å². The summed E-state index contributed by atoms with van der Waals surface area (Å²) in [6.45, 7) is 10.6. The average molecular weight is 570 g/mol. The van der Waals surface area contributed by atoms with E-state index < -0.39 is 0 Å². The first kappa shape index (κ1) is 39.2. The molecule has 0 radical (unpaired) electrons. The normalized spacial score (nSPS) is 14.9. The zero-order valence-electron chi connectivity index (χ0n) is 27.6. The van der Waals surface area contributed by atoms with Crippen molar-refractivity contribution in [1.82, 2.24) is 0 Å². The van der Waals surface area contributed by atoms with Crippen LogP contribution in [0.4, 0.5) is 0 Å². The monoisotopic (exact) mass is 570 g/mol. The number of likely N-dealkylation sites (tertiary alicyclic amines) is 1. The molecule has 0 bridgehead atoms. The number of unbranched alkanes of at least 4 members (excludes halogenated alkanes) is 26. The van der Waals surface area contributed by atoms with Crippen LogP contribution < -0.4 is 12.4 Å². The average Bonchev–Trinajstić information content (AvgIpc) is 2.94. The lowest BCUT2D eigenvalue weighted by Gasteiger charge is -2.42. The van der Waals surface area contributed by atoms with Crippen LogP contribution in [0.15, 0.2) is 0 Å². The number of nitrogens with zero attached hydrogens (tertiary/aromatic N) is 1. The molecule has 39 heavy (non-hydrogen) atoms. The van der Waals surface area contributed by atoms with Crippen molar-refractivity contribution in [2.75, 3.05) is 26.2 Å². The Labute approximate surface area is 255 Å². The van der Waals surface area contributed by atoms with Crippen LogP contribution in [0.2, 0.25) is 0 Å². The van der Waals surface area contributed by atoms with Crippen LogP contribution in [0, 0.1) is 0 Å². The molecule has 0 unspecified atom stereocenters. The third-order valence-corrected chi connectivity index (χ3v) is 9.74. The molecule has 0 amide bonds. The van der Waals surface area contributed by atoms with Crippen LogP contribution >= 0.6 is 0 Å². The van der Waals surface area contributed by atoms with E-state index in [1.54, 1.807) is 0 Å². The standard InChI is InChI=1S/C37H76N.ClH/c1-3-5-7-9-11-13-15-17-19-21-23-25-27-30-34-38(36-32-29-33-37-38)35-31-28-26-24-22-20-18-16-14-12-10-8-6-4-2;/h3-37H2,1-2H3;1H/q+1;/p-1. The minimum atomic E-state index is 0. The topological polar surface area (TPSA) is 0 Å². The molecule has 0 aliphatic carbocycles. The van der Waals surface area contributed by atoms with Crippen molar-refractivity contribution < 1.29 is 16.9 Å². The summed E-state index contributed by atoms with van der Waals surface area (Å²) in [6, 6.07) is 0. The van der Waals surface area contributed by atoms with Crippen LogP contribution in [-0.2, 0) is 0 Å². The summed E-state index contributed by atoms with van der Waals surface area (Å²) in [5.74, 6) is 0. The molecular formula is C37H76ClN. The first-order valence-corrected chi connectivity index (χ1v) is 18.7. The van der Waals surface area contributed by atoms with Gasteiger partial charge in [0.1, 0.15) is 0 Å². The lowest BCUT2D eigenvalue weighted by molar-refractivity contribution is -0.932. The third kappa shape index (κ3) is 25.7. The molecule has 2 heteroatoms. The van der Waals surface area contributed by atoms with Crippen LogP contribution in [0.3, 0.4) is 0 Å². The summed E-state index contributed by atoms with van der Waals surface area (Å²) in [5, 5.41) is 0. The van der Waals surface area contributed by atoms with Gasteiger partial charge in [-0.1, -0.05) is 168 Å². The second kappa shape index (κ2) is 31.2. The first-order valence-electron chi connectivity index (χ1n) is 18.7. The maximum Gasteiger partial charge on any atom is 0.0786 e. The lowest BCUT2D eigenvalue weighted by Crippen LogP contribution is -3.00. The zero-order chi connectivity index (χ0) is 27.2. The Morgan fingerprint density at radius 1 is 0.308 bits per heavy atom. The Hall–Kier alpha value is 0.250. The molecule has 0 spiro atoms. The second-order valence-corrected chi connectivity index (χ2v) is 13.5. The van der Waals surface area contributed by atoms with Gasteiger partial charge in [-0.3, -0.25) is 0 Å². The zero-order valence-corrected chi connectivity index (χ0v) is 28.3. The smallest absolute Gasteiger partial charge is 0.0786 e. The van der Waals surface area contributed by atoms with E-state index in [0.29, 0.717) is 0 Å². The fourth-order valence-electron chi connectivity index (χ4n) is 7.03. The van der Waals surface area contributed by atoms with E-state index in [0.717, 1.165) is 0 Å². The van der Waals surface area contributed by atoms with Gasteiger partial charge in [0.2, 0.25) is 0 Å². The molecule has 0 aromatic heterocycles. The highest BCUT2D eigenvalue weighted by atomic mass is 35.5. The maximum absolute atomic E-state index is 2.31. The molecule has 0 aromatic rings. The number of halogens is 1. The van der Waals surface area contributed by atoms with Gasteiger partial charge >= 0.3 is 0 Å². The fourth-order valence-corrected chi connectivity index (χ4v) is 7.03. The molecule has 1 nitrogen and oxygen atoms in total. The third-order valence-electron chi connectivity index (χ3n) is 9.74. The highest BCUT2D eigenvalue weighted by Gasteiger charge is 2.28. The number of rotatable bonds is 30. The quantitative estimate of drug-likeness (QED) is 0.0596. The molecule has 0 N–H and O–H groups in total. The van der Waals surface area contributed by atoms with E-state index >= 15 is 0 Å². The molecule has 0 aromatic carbocycles. The lowest BCUT2D eigenvalue weighted by atomic mass is 10.0. The SMILES string of the molecule is CCCCCCCCCCCCCCCC[N+]1(CCCCCCCCCCCCCCCC)CCCCC1.[Cl-]. The Kier molecular flexibility index (Phi) is 31.4. The molecule has 1 aliphatic rings. The highest BCUT2D eigenvalue weighted by Crippen LogP contribution is 2.23. The van der Waals surface area contributed by atoms with Crippen LogP contribution in [-0.4, -0.2) is 30.7 Å². The Morgan fingerprint density at radius 2 is 0.538 bits per heavy atom. The Balaban J connectivity index is 0.0000144. The molecular weight excluding hydrogens is 494 g/mol. The number of hydrogen-bond donors (Lipinski definition) is 0. The van der Waals surface area contributed by atoms with Crippen molar-refractivity contribution in [2.45, 2.75) is 213 Å². The van der Waals surface area contributed by atoms with Crippen molar-refractivity contribution in [3.8, 4) is 0 Å². The van der Waals surface area contributed by atoms with Crippen LogP contribution in [0.1, 0.15) is 213 Å². The van der Waals surface area contributed by atoms with E-state index in [9.17, 15) is 0 Å². The van der Waals surface area contributed by atoms with Crippen LogP contribution in [0.5, 0.6) is 0 Å². The van der Waals surface area contributed by atoms with Crippen LogP contribution in [0.25, 0.3) is 0 Å². The largest absolute Gasteiger partial charge is 1.00 e. The summed E-state index contributed by atoms with van der Waals surface area (Å²) < 4.78 is 1.50. The Morgan fingerprint density at radius 3 is 0.795 bits per heavy atom. The van der Waals surface area contributed by atoms with Gasteiger partial charge in [-0.2, -0.15) is 0 Å². The molecule has 1 fully saturated rings. The number of hydrogen-bond acceptors (Lipinski definition) is 0. The fraction of sp³-hybridized carbons (Fsp3) is 1.00. The van der Waals surface area contributed by atoms with Crippen molar-refractivity contribution in [3.05, 3.63) is 0 Å². The maximum atomic E-state index is 2.31. The van der Waals surface area contributed by atoms with Crippen molar-refractivity contribution in [1.29, 1.82) is 0 Å². The van der Waals surface area contributed by atoms with Crippen molar-refractivity contribution in [2.24, 2.45) is 0 Å². The number of quaternary nitrogens is 1. The van der Waals surface area contributed by atoms with Gasteiger partial charge in [-0.05, 0) is 44.9 Å². The highest BCUT2D eigenvalue weighted by molar-refractivity contribution is 4.57. The molecule has 0 atom stereocenters. The predicted molar refractivity (Wildman–Crippen MR) is 174 cm³/mol. The molecule has 1 saturated heterocycles. The van der Waals surface area contributed by atoms with E-state index in [2.05, 4.69) is 13.8 Å². The van der Waals surface area contributed by atoms with Gasteiger partial charge in [0, 0.05) is 0 Å². The van der Waals surface area contributed by atoms with E-state index in [-0.39, 0.29) is 12.4 Å². The molecule has 1 heterocycles. The summed E-state index contributed by atoms with van der Waals surface area (Å²) in [7, 11) is 0. The van der Waals surface area contributed by atoms with Gasteiger partial charge < -0.3 is 16.9 Å². The minimum Gasteiger partial charge on any atom is -1.00 e. The predicted octanol–water partition coefficient (Wildman–Crippen LogP) is 9.95. The number of piperidine rings is 1. The van der Waals surface area contributed by atoms with Crippen molar-refractivity contribution in [3.63, 3.8) is 0 Å². The molecule has 0 saturated carbocycles. The van der Waals surface area contributed by atoms with Gasteiger partial charge in [-0.15, -0.1) is 0 Å². The summed E-state index contributed by atoms with van der Waals surface area (Å²) >= 11 is 0. The van der Waals surface area contributed by atoms with Gasteiger partial charge in [0.05, 0.1) is 26.2 Å². The van der Waals surface area contributed by atoms with Gasteiger partial charge in [0.25, 0.3) is 0 Å². The van der Waals surface area contributed by atoms with E-state index in [4.69, 9.17) is 0 Å². The Bertz CT molecular complexity index is 411. The second-order valence-electron chi connectivity index (χ2n) is 13.5. The summed E-state index contributed by atoms with van der Waals surface area (Å²) in [4.78, 5) is 0. The molecule has 1 aliphatic heterocycles. The van der Waals surface area contributed by atoms with E-state index in [1.807, 2.05) is 0 Å². The molecule has 1 rings (SSSR count). The van der Waals surface area contributed by atoms with Gasteiger partial charge in [0.15, 0.2) is 0 Å².